The van der Waals surface area contributed by atoms with Gasteiger partial charge in [0.25, 0.3) is 5.91 Å². The third kappa shape index (κ3) is 3.66. The standard InChI is InChI=1S/C24H20N8O/c1-3-23(33)31-8-6-30(7-9-31)22-5-4-17(12-26-22)21-10-18(20-14-27-29(2)15-20)16-32-24(21)19(11-25)13-28-32/h1,4-5,10,12-16H,6-9H2,2H3. The highest BCUT2D eigenvalue weighted by atomic mass is 16.2. The second kappa shape index (κ2) is 8.13. The van der Waals surface area contributed by atoms with Gasteiger partial charge in [-0.05, 0) is 24.1 Å². The van der Waals surface area contributed by atoms with Crippen LogP contribution in [0.3, 0.4) is 0 Å². The first kappa shape index (κ1) is 20.3. The van der Waals surface area contributed by atoms with Gasteiger partial charge in [0.15, 0.2) is 0 Å². The van der Waals surface area contributed by atoms with Crippen molar-refractivity contribution in [3.8, 4) is 40.7 Å². The zero-order valence-corrected chi connectivity index (χ0v) is 18.0. The van der Waals surface area contributed by atoms with E-state index in [1.165, 1.54) is 0 Å². The van der Waals surface area contributed by atoms with E-state index in [0.29, 0.717) is 31.7 Å². The first-order chi connectivity index (χ1) is 16.1. The van der Waals surface area contributed by atoms with E-state index in [0.717, 1.165) is 33.6 Å². The van der Waals surface area contributed by atoms with E-state index >= 15 is 0 Å². The summed E-state index contributed by atoms with van der Waals surface area (Å²) in [6.45, 7) is 2.48. The van der Waals surface area contributed by atoms with Gasteiger partial charge in [-0.3, -0.25) is 9.48 Å². The van der Waals surface area contributed by atoms with Gasteiger partial charge in [0, 0.05) is 74.1 Å². The van der Waals surface area contributed by atoms with E-state index in [1.54, 1.807) is 26.5 Å². The van der Waals surface area contributed by atoms with Crippen molar-refractivity contribution in [3.63, 3.8) is 0 Å². The topological polar surface area (TPSA) is 95.4 Å². The number of hydrogen-bond donors (Lipinski definition) is 0. The minimum Gasteiger partial charge on any atom is -0.353 e. The monoisotopic (exact) mass is 436 g/mol. The molecule has 33 heavy (non-hydrogen) atoms. The molecule has 0 bridgehead atoms. The van der Waals surface area contributed by atoms with Crippen LogP contribution in [0, 0.1) is 23.7 Å². The van der Waals surface area contributed by atoms with Crippen LogP contribution in [0.4, 0.5) is 5.82 Å². The quantitative estimate of drug-likeness (QED) is 0.456. The van der Waals surface area contributed by atoms with Crippen molar-refractivity contribution in [2.45, 2.75) is 0 Å². The minimum absolute atomic E-state index is 0.274. The van der Waals surface area contributed by atoms with E-state index < -0.39 is 0 Å². The van der Waals surface area contributed by atoms with Crippen molar-refractivity contribution in [2.24, 2.45) is 7.05 Å². The molecular formula is C24H20N8O. The van der Waals surface area contributed by atoms with Crippen LogP contribution in [-0.2, 0) is 11.8 Å². The van der Waals surface area contributed by atoms with Gasteiger partial charge in [-0.15, -0.1) is 6.42 Å². The predicted octanol–water partition coefficient (Wildman–Crippen LogP) is 1.95. The highest BCUT2D eigenvalue weighted by molar-refractivity contribution is 5.93. The summed E-state index contributed by atoms with van der Waals surface area (Å²) in [5, 5.41) is 18.2. The number of nitrogens with zero attached hydrogens (tertiary/aromatic N) is 8. The van der Waals surface area contributed by atoms with E-state index in [4.69, 9.17) is 6.42 Å². The van der Waals surface area contributed by atoms with E-state index in [-0.39, 0.29) is 5.91 Å². The van der Waals surface area contributed by atoms with Crippen LogP contribution in [0.15, 0.2) is 49.2 Å². The molecule has 9 heteroatoms. The Kier molecular flexibility index (Phi) is 5.00. The molecule has 0 aliphatic carbocycles. The smallest absolute Gasteiger partial charge is 0.298 e. The Balaban J connectivity index is 1.49. The van der Waals surface area contributed by atoms with Gasteiger partial charge in [0.2, 0.25) is 0 Å². The number of fused-ring (bicyclic) bond motifs is 1. The van der Waals surface area contributed by atoms with Gasteiger partial charge in [-0.25, -0.2) is 9.50 Å². The normalized spacial score (nSPS) is 13.7. The van der Waals surface area contributed by atoms with Crippen LogP contribution >= 0.6 is 0 Å². The molecule has 4 aromatic heterocycles. The first-order valence-electron chi connectivity index (χ1n) is 10.4. The molecule has 1 fully saturated rings. The summed E-state index contributed by atoms with van der Waals surface area (Å²) in [7, 11) is 1.87. The van der Waals surface area contributed by atoms with Crippen LogP contribution in [-0.4, -0.2) is 61.4 Å². The highest BCUT2D eigenvalue weighted by Crippen LogP contribution is 2.32. The summed E-state index contributed by atoms with van der Waals surface area (Å²) in [5.74, 6) is 2.73. The van der Waals surface area contributed by atoms with Gasteiger partial charge < -0.3 is 9.80 Å². The summed E-state index contributed by atoms with van der Waals surface area (Å²) in [6, 6.07) is 8.23. The van der Waals surface area contributed by atoms with Gasteiger partial charge in [0.05, 0.1) is 23.5 Å². The molecule has 1 amide bonds. The second-order valence-corrected chi connectivity index (χ2v) is 7.84. The number of carbonyl (C=O) groups excluding carboxylic acids is 1. The van der Waals surface area contributed by atoms with Crippen LogP contribution in [0.5, 0.6) is 0 Å². The lowest BCUT2D eigenvalue weighted by Crippen LogP contribution is -2.48. The molecule has 0 radical (unpaired) electrons. The van der Waals surface area contributed by atoms with Crippen molar-refractivity contribution in [2.75, 3.05) is 31.1 Å². The summed E-state index contributed by atoms with van der Waals surface area (Å²) in [6.07, 6.45) is 14.2. The molecule has 0 aromatic carbocycles. The number of piperazine rings is 1. The van der Waals surface area contributed by atoms with Crippen LogP contribution in [0.2, 0.25) is 0 Å². The van der Waals surface area contributed by atoms with Gasteiger partial charge in [-0.2, -0.15) is 15.5 Å². The number of aryl methyl sites for hydroxylation is 1. The van der Waals surface area contributed by atoms with E-state index in [1.807, 2.05) is 43.8 Å². The molecule has 9 nitrogen and oxygen atoms in total. The van der Waals surface area contributed by atoms with Crippen molar-refractivity contribution in [3.05, 3.63) is 54.7 Å². The second-order valence-electron chi connectivity index (χ2n) is 7.84. The first-order valence-corrected chi connectivity index (χ1v) is 10.4. The summed E-state index contributed by atoms with van der Waals surface area (Å²) in [4.78, 5) is 20.2. The molecule has 4 aromatic rings. The summed E-state index contributed by atoms with van der Waals surface area (Å²) in [5.41, 5.74) is 4.89. The molecule has 1 aliphatic heterocycles. The summed E-state index contributed by atoms with van der Waals surface area (Å²) < 4.78 is 3.47. The zero-order valence-electron chi connectivity index (χ0n) is 18.0. The molecule has 0 N–H and O–H groups in total. The average molecular weight is 436 g/mol. The Bertz CT molecular complexity index is 1430. The number of hydrogen-bond acceptors (Lipinski definition) is 6. The Morgan fingerprint density at radius 3 is 2.48 bits per heavy atom. The van der Waals surface area contributed by atoms with Crippen molar-refractivity contribution < 1.29 is 4.79 Å². The fourth-order valence-corrected chi connectivity index (χ4v) is 4.11. The molecule has 0 atom stereocenters. The number of terminal acetylenes is 1. The molecule has 0 unspecified atom stereocenters. The van der Waals surface area contributed by atoms with Gasteiger partial charge in [-0.1, -0.05) is 0 Å². The lowest BCUT2D eigenvalue weighted by Gasteiger charge is -2.34. The zero-order chi connectivity index (χ0) is 22.9. The Labute approximate surface area is 190 Å². The number of carbonyl (C=O) groups is 1. The fourth-order valence-electron chi connectivity index (χ4n) is 4.11. The van der Waals surface area contributed by atoms with E-state index in [9.17, 15) is 10.1 Å². The van der Waals surface area contributed by atoms with Gasteiger partial charge in [0.1, 0.15) is 11.9 Å². The summed E-state index contributed by atoms with van der Waals surface area (Å²) >= 11 is 0. The van der Waals surface area contributed by atoms with E-state index in [2.05, 4.69) is 32.1 Å². The number of aromatic nitrogens is 5. The Morgan fingerprint density at radius 1 is 1.03 bits per heavy atom. The molecule has 5 rings (SSSR count). The van der Waals surface area contributed by atoms with Crippen molar-refractivity contribution in [1.82, 2.24) is 29.3 Å². The number of amides is 1. The largest absolute Gasteiger partial charge is 0.353 e. The third-order valence-electron chi connectivity index (χ3n) is 5.84. The van der Waals surface area contributed by atoms with Crippen LogP contribution in [0.25, 0.3) is 27.8 Å². The molecular weight excluding hydrogens is 416 g/mol. The van der Waals surface area contributed by atoms with Gasteiger partial charge >= 0.3 is 0 Å². The average Bonchev–Trinajstić information content (AvgIpc) is 3.49. The Morgan fingerprint density at radius 2 is 1.85 bits per heavy atom. The molecule has 1 aliphatic rings. The van der Waals surface area contributed by atoms with Crippen LogP contribution < -0.4 is 4.90 Å². The number of rotatable bonds is 3. The molecule has 5 heterocycles. The van der Waals surface area contributed by atoms with Crippen LogP contribution in [0.1, 0.15) is 5.56 Å². The maximum atomic E-state index is 11.7. The van der Waals surface area contributed by atoms with Crippen molar-refractivity contribution in [1.29, 1.82) is 5.26 Å². The van der Waals surface area contributed by atoms with Crippen molar-refractivity contribution >= 4 is 17.2 Å². The number of nitriles is 1. The SMILES string of the molecule is C#CC(=O)N1CCN(c2ccc(-c3cc(-c4cnn(C)c4)cn4ncc(C#N)c34)cn2)CC1. The minimum atomic E-state index is -0.274. The lowest BCUT2D eigenvalue weighted by molar-refractivity contribution is -0.125. The molecule has 162 valence electrons. The predicted molar refractivity (Wildman–Crippen MR) is 123 cm³/mol. The highest BCUT2D eigenvalue weighted by Gasteiger charge is 2.21. The Hall–Kier alpha value is -4.63. The fraction of sp³-hybridized carbons (Fsp3) is 0.208. The molecule has 0 spiro atoms. The molecule has 1 saturated heterocycles. The third-order valence-corrected chi connectivity index (χ3v) is 5.84. The maximum absolute atomic E-state index is 11.7. The number of pyridine rings is 2. The lowest BCUT2D eigenvalue weighted by atomic mass is 10.0. The number of anilines is 1. The molecule has 0 saturated carbocycles. The maximum Gasteiger partial charge on any atom is 0.298 e.